The Bertz CT molecular complexity index is 1370. The average molecular weight is 424 g/mol. The molecule has 0 saturated carbocycles. The molecule has 0 radical (unpaired) electrons. The molecule has 152 valence electrons. The summed E-state index contributed by atoms with van der Waals surface area (Å²) in [4.78, 5) is 24.7. The highest BCUT2D eigenvalue weighted by Gasteiger charge is 2.17. The van der Waals surface area contributed by atoms with Crippen LogP contribution in [0.15, 0.2) is 91.5 Å². The smallest absolute Gasteiger partial charge is 0.291 e. The molecular formula is C21H16N2O6S. The van der Waals surface area contributed by atoms with Gasteiger partial charge in [0.25, 0.3) is 5.91 Å². The second-order valence-electron chi connectivity index (χ2n) is 6.36. The van der Waals surface area contributed by atoms with Gasteiger partial charge in [0.05, 0.1) is 23.1 Å². The molecule has 2 aromatic heterocycles. The van der Waals surface area contributed by atoms with Crippen molar-refractivity contribution >= 4 is 32.6 Å². The molecule has 0 unspecified atom stereocenters. The summed E-state index contributed by atoms with van der Waals surface area (Å²) in [6, 6.07) is 16.7. The molecule has 0 saturated heterocycles. The van der Waals surface area contributed by atoms with Crippen LogP contribution in [0.1, 0.15) is 16.3 Å². The lowest BCUT2D eigenvalue weighted by molar-refractivity contribution is 0.0997. The summed E-state index contributed by atoms with van der Waals surface area (Å²) in [5.41, 5.74) is 0.172. The quantitative estimate of drug-likeness (QED) is 0.491. The Morgan fingerprint density at radius 1 is 0.967 bits per heavy atom. The first-order valence-electron chi connectivity index (χ1n) is 8.89. The number of carbonyl (C=O) groups is 1. The number of fused-ring (bicyclic) bond motifs is 1. The van der Waals surface area contributed by atoms with Crippen molar-refractivity contribution in [2.75, 3.05) is 5.32 Å². The number of carbonyl (C=O) groups excluding carboxylic acids is 1. The van der Waals surface area contributed by atoms with E-state index in [0.717, 1.165) is 6.07 Å². The average Bonchev–Trinajstić information content (AvgIpc) is 3.26. The third-order valence-electron chi connectivity index (χ3n) is 4.28. The number of rotatable bonds is 6. The number of hydrogen-bond acceptors (Lipinski definition) is 6. The monoisotopic (exact) mass is 424 g/mol. The second-order valence-corrected chi connectivity index (χ2v) is 8.12. The Hall–Kier alpha value is -3.69. The summed E-state index contributed by atoms with van der Waals surface area (Å²) in [5.74, 6) is -0.381. The minimum absolute atomic E-state index is 0.00579. The van der Waals surface area contributed by atoms with Gasteiger partial charge >= 0.3 is 0 Å². The van der Waals surface area contributed by atoms with Crippen molar-refractivity contribution in [3.05, 3.63) is 94.7 Å². The van der Waals surface area contributed by atoms with E-state index in [9.17, 15) is 18.0 Å². The Morgan fingerprint density at radius 3 is 2.60 bits per heavy atom. The SMILES string of the molecule is O=C(Nc1cccc(S(=O)(=O)NCc2ccco2)c1)c1cc(=O)c2ccccc2o1. The predicted octanol–water partition coefficient (Wildman–Crippen LogP) is 3.12. The maximum Gasteiger partial charge on any atom is 0.291 e. The van der Waals surface area contributed by atoms with Crippen LogP contribution in [0, 0.1) is 0 Å². The Balaban J connectivity index is 1.54. The molecule has 1 amide bonds. The van der Waals surface area contributed by atoms with Crippen molar-refractivity contribution in [2.24, 2.45) is 0 Å². The zero-order valence-corrected chi connectivity index (χ0v) is 16.3. The Labute approximate surface area is 171 Å². The van der Waals surface area contributed by atoms with Gasteiger partial charge in [-0.05, 0) is 42.5 Å². The van der Waals surface area contributed by atoms with Gasteiger partial charge in [-0.1, -0.05) is 18.2 Å². The molecule has 0 aliphatic rings. The molecule has 2 heterocycles. The lowest BCUT2D eigenvalue weighted by Crippen LogP contribution is -2.23. The number of anilines is 1. The van der Waals surface area contributed by atoms with E-state index in [1.807, 2.05) is 0 Å². The van der Waals surface area contributed by atoms with Crippen LogP contribution in [0.4, 0.5) is 5.69 Å². The summed E-state index contributed by atoms with van der Waals surface area (Å²) in [6.45, 7) is -0.00579. The first-order valence-corrected chi connectivity index (χ1v) is 10.4. The van der Waals surface area contributed by atoms with Gasteiger partial charge in [0.1, 0.15) is 11.3 Å². The van der Waals surface area contributed by atoms with Crippen LogP contribution in [0.5, 0.6) is 0 Å². The molecule has 0 fully saturated rings. The van der Waals surface area contributed by atoms with E-state index in [0.29, 0.717) is 11.1 Å². The van der Waals surface area contributed by atoms with Gasteiger partial charge in [0, 0.05) is 11.8 Å². The number of amides is 1. The lowest BCUT2D eigenvalue weighted by Gasteiger charge is -2.09. The van der Waals surface area contributed by atoms with Crippen molar-refractivity contribution in [3.8, 4) is 0 Å². The molecule has 8 nitrogen and oxygen atoms in total. The summed E-state index contributed by atoms with van der Waals surface area (Å²) >= 11 is 0. The van der Waals surface area contributed by atoms with E-state index >= 15 is 0 Å². The van der Waals surface area contributed by atoms with Crippen LogP contribution in [0.2, 0.25) is 0 Å². The van der Waals surface area contributed by atoms with Gasteiger partial charge in [-0.25, -0.2) is 13.1 Å². The van der Waals surface area contributed by atoms with Crippen LogP contribution >= 0.6 is 0 Å². The standard InChI is InChI=1S/C21H16N2O6S/c24-18-12-20(29-19-9-2-1-8-17(18)19)21(25)23-14-5-3-7-16(11-14)30(26,27)22-13-15-6-4-10-28-15/h1-12,22H,13H2,(H,23,25). The highest BCUT2D eigenvalue weighted by molar-refractivity contribution is 7.89. The molecule has 0 bridgehead atoms. The highest BCUT2D eigenvalue weighted by atomic mass is 32.2. The number of para-hydroxylation sites is 1. The maximum atomic E-state index is 12.5. The van der Waals surface area contributed by atoms with E-state index in [1.165, 1.54) is 30.5 Å². The van der Waals surface area contributed by atoms with Crippen molar-refractivity contribution in [2.45, 2.75) is 11.4 Å². The molecule has 0 aliphatic carbocycles. The van der Waals surface area contributed by atoms with Crippen molar-refractivity contribution in [1.29, 1.82) is 0 Å². The topological polar surface area (TPSA) is 119 Å². The van der Waals surface area contributed by atoms with Gasteiger partial charge in [0.2, 0.25) is 10.0 Å². The molecule has 2 N–H and O–H groups in total. The number of hydrogen-bond donors (Lipinski definition) is 2. The van der Waals surface area contributed by atoms with Crippen LogP contribution in [0.25, 0.3) is 11.0 Å². The molecule has 2 aromatic carbocycles. The molecule has 0 atom stereocenters. The van der Waals surface area contributed by atoms with Crippen molar-refractivity contribution < 1.29 is 22.0 Å². The first kappa shape index (κ1) is 19.6. The van der Waals surface area contributed by atoms with E-state index in [4.69, 9.17) is 8.83 Å². The zero-order chi connectivity index (χ0) is 21.1. The van der Waals surface area contributed by atoms with Crippen LogP contribution < -0.4 is 15.5 Å². The highest BCUT2D eigenvalue weighted by Crippen LogP contribution is 2.18. The summed E-state index contributed by atoms with van der Waals surface area (Å²) in [5, 5.41) is 2.92. The van der Waals surface area contributed by atoms with Crippen LogP contribution in [-0.2, 0) is 16.6 Å². The number of furan rings is 1. The third kappa shape index (κ3) is 4.17. The summed E-state index contributed by atoms with van der Waals surface area (Å²) in [7, 11) is -3.83. The fourth-order valence-corrected chi connectivity index (χ4v) is 3.85. The first-order chi connectivity index (χ1) is 14.4. The van der Waals surface area contributed by atoms with Gasteiger partial charge < -0.3 is 14.2 Å². The lowest BCUT2D eigenvalue weighted by atomic mass is 10.2. The minimum atomic E-state index is -3.83. The molecule has 9 heteroatoms. The molecule has 4 rings (SSSR count). The molecule has 30 heavy (non-hydrogen) atoms. The third-order valence-corrected chi connectivity index (χ3v) is 5.68. The summed E-state index contributed by atoms with van der Waals surface area (Å²) < 4.78 is 38.0. The Kier molecular flexibility index (Phi) is 5.21. The molecule has 0 aliphatic heterocycles. The van der Waals surface area contributed by atoms with Crippen LogP contribution in [-0.4, -0.2) is 14.3 Å². The fraction of sp³-hybridized carbons (Fsp3) is 0.0476. The van der Waals surface area contributed by atoms with Gasteiger partial charge in [-0.15, -0.1) is 0 Å². The minimum Gasteiger partial charge on any atom is -0.468 e. The summed E-state index contributed by atoms with van der Waals surface area (Å²) in [6.07, 6.45) is 1.45. The van der Waals surface area contributed by atoms with E-state index in [2.05, 4.69) is 10.0 Å². The molecular weight excluding hydrogens is 408 g/mol. The van der Waals surface area contributed by atoms with E-state index < -0.39 is 15.9 Å². The number of sulfonamides is 1. The Morgan fingerprint density at radius 2 is 1.80 bits per heavy atom. The van der Waals surface area contributed by atoms with E-state index in [1.54, 1.807) is 36.4 Å². The van der Waals surface area contributed by atoms with Crippen molar-refractivity contribution in [1.82, 2.24) is 4.72 Å². The van der Waals surface area contributed by atoms with E-state index in [-0.39, 0.29) is 33.9 Å². The number of benzene rings is 2. The zero-order valence-electron chi connectivity index (χ0n) is 15.5. The molecule has 0 spiro atoms. The largest absolute Gasteiger partial charge is 0.468 e. The normalized spacial score (nSPS) is 11.5. The second kappa shape index (κ2) is 7.97. The fourth-order valence-electron chi connectivity index (χ4n) is 2.81. The van der Waals surface area contributed by atoms with Gasteiger partial charge in [-0.3, -0.25) is 9.59 Å². The van der Waals surface area contributed by atoms with Gasteiger partial charge in [0.15, 0.2) is 11.2 Å². The predicted molar refractivity (Wildman–Crippen MR) is 110 cm³/mol. The maximum absolute atomic E-state index is 12.5. The number of nitrogens with one attached hydrogen (secondary N) is 2. The van der Waals surface area contributed by atoms with Gasteiger partial charge in [-0.2, -0.15) is 0 Å². The molecule has 4 aromatic rings. The van der Waals surface area contributed by atoms with Crippen molar-refractivity contribution in [3.63, 3.8) is 0 Å². The van der Waals surface area contributed by atoms with Crippen LogP contribution in [0.3, 0.4) is 0 Å².